The Balaban J connectivity index is 1.49. The molecule has 0 aliphatic carbocycles. The largest absolute Gasteiger partial charge is 0.404 e. The van der Waals surface area contributed by atoms with E-state index in [-0.39, 0.29) is 18.2 Å². The highest BCUT2D eigenvalue weighted by atomic mass is 19.1. The molecule has 0 spiro atoms. The first-order chi connectivity index (χ1) is 16.6. The molecule has 2 fully saturated rings. The van der Waals surface area contributed by atoms with Gasteiger partial charge < -0.3 is 15.8 Å². The summed E-state index contributed by atoms with van der Waals surface area (Å²) in [6.45, 7) is 4.32. The molecule has 1 aromatic heterocycles. The first kappa shape index (κ1) is 22.5. The normalized spacial score (nSPS) is 18.0. The van der Waals surface area contributed by atoms with Gasteiger partial charge in [0.05, 0.1) is 42.2 Å². The molecule has 3 aromatic rings. The van der Waals surface area contributed by atoms with Gasteiger partial charge in [0, 0.05) is 61.8 Å². The maximum Gasteiger partial charge on any atom is 0.131 e. The fourth-order valence-corrected chi connectivity index (χ4v) is 4.06. The summed E-state index contributed by atoms with van der Waals surface area (Å²) in [5, 5.41) is 3.17. The second-order valence-corrected chi connectivity index (χ2v) is 8.45. The lowest BCUT2D eigenvalue weighted by Crippen LogP contribution is -2.45. The zero-order valence-corrected chi connectivity index (χ0v) is 18.7. The molecule has 34 heavy (non-hydrogen) atoms. The van der Waals surface area contributed by atoms with Crippen LogP contribution in [0.2, 0.25) is 0 Å². The smallest absolute Gasteiger partial charge is 0.131 e. The Hall–Kier alpha value is -3.27. The SMILES string of the molecule is N/C=C(\C=NC1CNC1)c1cnc2cccc(-c3cc(F)c(CN4CCOCC4)c(F)c3)c2n1. The third-order valence-corrected chi connectivity index (χ3v) is 6.17. The van der Waals surface area contributed by atoms with Crippen LogP contribution in [0.4, 0.5) is 8.78 Å². The summed E-state index contributed by atoms with van der Waals surface area (Å²) in [5.74, 6) is -1.15. The summed E-state index contributed by atoms with van der Waals surface area (Å²) in [4.78, 5) is 15.7. The zero-order chi connectivity index (χ0) is 23.5. The molecule has 0 atom stereocenters. The minimum Gasteiger partial charge on any atom is -0.404 e. The van der Waals surface area contributed by atoms with E-state index in [9.17, 15) is 0 Å². The third kappa shape index (κ3) is 4.68. The van der Waals surface area contributed by atoms with E-state index in [1.807, 2.05) is 11.0 Å². The molecule has 2 aromatic carbocycles. The first-order valence-corrected chi connectivity index (χ1v) is 11.3. The highest BCUT2D eigenvalue weighted by Crippen LogP contribution is 2.30. The van der Waals surface area contributed by atoms with Gasteiger partial charge in [0.2, 0.25) is 0 Å². The number of nitrogens with one attached hydrogen (secondary N) is 1. The molecule has 176 valence electrons. The van der Waals surface area contributed by atoms with Crippen molar-refractivity contribution < 1.29 is 13.5 Å². The van der Waals surface area contributed by atoms with Crippen molar-refractivity contribution in [1.29, 1.82) is 0 Å². The van der Waals surface area contributed by atoms with Crippen molar-refractivity contribution in [2.75, 3.05) is 39.4 Å². The summed E-state index contributed by atoms with van der Waals surface area (Å²) < 4.78 is 35.4. The van der Waals surface area contributed by atoms with Crippen molar-refractivity contribution in [1.82, 2.24) is 20.2 Å². The Kier molecular flexibility index (Phi) is 6.57. The number of nitrogens with zero attached hydrogens (tertiary/aromatic N) is 4. The lowest BCUT2D eigenvalue weighted by atomic mass is 10.0. The number of rotatable bonds is 6. The van der Waals surface area contributed by atoms with Gasteiger partial charge >= 0.3 is 0 Å². The number of aromatic nitrogens is 2. The average Bonchev–Trinajstić information content (AvgIpc) is 2.83. The number of halogens is 2. The summed E-state index contributed by atoms with van der Waals surface area (Å²) >= 11 is 0. The van der Waals surface area contributed by atoms with Crippen LogP contribution in [0.5, 0.6) is 0 Å². The van der Waals surface area contributed by atoms with Crippen molar-refractivity contribution in [2.24, 2.45) is 10.7 Å². The van der Waals surface area contributed by atoms with Crippen LogP contribution in [0.25, 0.3) is 27.7 Å². The van der Waals surface area contributed by atoms with E-state index >= 15 is 8.78 Å². The summed E-state index contributed by atoms with van der Waals surface area (Å²) in [7, 11) is 0. The number of benzene rings is 2. The van der Waals surface area contributed by atoms with Crippen molar-refractivity contribution >= 4 is 22.8 Å². The lowest BCUT2D eigenvalue weighted by molar-refractivity contribution is 0.0332. The Morgan fingerprint density at radius 1 is 1.21 bits per heavy atom. The Bertz CT molecular complexity index is 1230. The highest BCUT2D eigenvalue weighted by Gasteiger charge is 2.19. The maximum absolute atomic E-state index is 15.0. The van der Waals surface area contributed by atoms with E-state index in [2.05, 4.69) is 15.3 Å². The number of aliphatic imine (C=N–C) groups is 1. The van der Waals surface area contributed by atoms with Crippen molar-refractivity contribution in [3.8, 4) is 11.1 Å². The van der Waals surface area contributed by atoms with Gasteiger partial charge in [0.15, 0.2) is 0 Å². The fraction of sp³-hybridized carbons (Fsp3) is 0.320. The first-order valence-electron chi connectivity index (χ1n) is 11.3. The van der Waals surface area contributed by atoms with E-state index in [0.717, 1.165) is 13.1 Å². The molecule has 0 amide bonds. The fourth-order valence-electron chi connectivity index (χ4n) is 4.06. The second-order valence-electron chi connectivity index (χ2n) is 8.45. The number of hydrogen-bond donors (Lipinski definition) is 2. The Morgan fingerprint density at radius 3 is 2.65 bits per heavy atom. The van der Waals surface area contributed by atoms with Gasteiger partial charge in [-0.1, -0.05) is 12.1 Å². The van der Waals surface area contributed by atoms with Crippen molar-refractivity contribution in [3.63, 3.8) is 0 Å². The van der Waals surface area contributed by atoms with Gasteiger partial charge in [-0.15, -0.1) is 0 Å². The van der Waals surface area contributed by atoms with Gasteiger partial charge in [0.1, 0.15) is 11.6 Å². The second kappa shape index (κ2) is 9.92. The number of fused-ring (bicyclic) bond motifs is 1. The summed E-state index contributed by atoms with van der Waals surface area (Å²) in [6.07, 6.45) is 4.76. The molecule has 0 saturated carbocycles. The molecule has 3 N–H and O–H groups in total. The van der Waals surface area contributed by atoms with Crippen LogP contribution in [0.1, 0.15) is 11.3 Å². The maximum atomic E-state index is 15.0. The van der Waals surface area contributed by atoms with Gasteiger partial charge in [-0.2, -0.15) is 0 Å². The van der Waals surface area contributed by atoms with Crippen LogP contribution in [0.15, 0.2) is 47.7 Å². The third-order valence-electron chi connectivity index (χ3n) is 6.17. The standard InChI is InChI=1S/C25H26F2N6O/c26-21-8-16(9-22(27)20(21)15-33-4-6-34-7-5-33)19-2-1-3-23-25(19)32-24(14-31-23)17(10-28)11-30-18-12-29-13-18/h1-3,8-11,14,18,29H,4-7,12-13,15,28H2/b17-10+,30-11?. The van der Waals surface area contributed by atoms with E-state index in [0.29, 0.717) is 59.7 Å². The average molecular weight is 465 g/mol. The molecule has 5 rings (SSSR count). The van der Waals surface area contributed by atoms with E-state index < -0.39 is 11.6 Å². The topological polar surface area (TPSA) is 88.7 Å². The molecular formula is C25H26F2N6O. The molecule has 0 radical (unpaired) electrons. The number of nitrogens with two attached hydrogens (primary N) is 1. The highest BCUT2D eigenvalue weighted by molar-refractivity contribution is 6.09. The van der Waals surface area contributed by atoms with E-state index in [1.165, 1.54) is 18.3 Å². The Morgan fingerprint density at radius 2 is 1.97 bits per heavy atom. The summed E-state index contributed by atoms with van der Waals surface area (Å²) in [5.41, 5.74) is 9.24. The number of morpholine rings is 1. The van der Waals surface area contributed by atoms with Gasteiger partial charge in [0.25, 0.3) is 0 Å². The van der Waals surface area contributed by atoms with Gasteiger partial charge in [-0.05, 0) is 23.8 Å². The molecule has 7 nitrogen and oxygen atoms in total. The van der Waals surface area contributed by atoms with Crippen molar-refractivity contribution in [3.05, 3.63) is 65.6 Å². The van der Waals surface area contributed by atoms with Crippen molar-refractivity contribution in [2.45, 2.75) is 12.6 Å². The van der Waals surface area contributed by atoms with Crippen LogP contribution < -0.4 is 11.1 Å². The van der Waals surface area contributed by atoms with Crippen LogP contribution in [-0.2, 0) is 11.3 Å². The predicted octanol–water partition coefficient (Wildman–Crippen LogP) is 2.75. The lowest BCUT2D eigenvalue weighted by Gasteiger charge is -2.27. The predicted molar refractivity (Wildman–Crippen MR) is 128 cm³/mol. The van der Waals surface area contributed by atoms with Gasteiger partial charge in [-0.3, -0.25) is 14.9 Å². The molecule has 2 aliphatic heterocycles. The molecule has 0 unspecified atom stereocenters. The van der Waals surface area contributed by atoms with Crippen LogP contribution in [0, 0.1) is 11.6 Å². The molecule has 0 bridgehead atoms. The monoisotopic (exact) mass is 464 g/mol. The van der Waals surface area contributed by atoms with E-state index in [4.69, 9.17) is 15.5 Å². The number of para-hydroxylation sites is 1. The van der Waals surface area contributed by atoms with Gasteiger partial charge in [-0.25, -0.2) is 13.8 Å². The van der Waals surface area contributed by atoms with Crippen LogP contribution in [0.3, 0.4) is 0 Å². The quantitative estimate of drug-likeness (QED) is 0.546. The Labute approximate surface area is 196 Å². The minimum atomic E-state index is -0.577. The van der Waals surface area contributed by atoms with Crippen LogP contribution in [-0.4, -0.2) is 66.5 Å². The molecule has 3 heterocycles. The molecule has 2 saturated heterocycles. The summed E-state index contributed by atoms with van der Waals surface area (Å²) in [6, 6.07) is 8.36. The number of hydrogen-bond acceptors (Lipinski definition) is 7. The molecule has 9 heteroatoms. The number of ether oxygens (including phenoxy) is 1. The molecular weight excluding hydrogens is 438 g/mol. The number of allylic oxidation sites excluding steroid dienone is 1. The zero-order valence-electron chi connectivity index (χ0n) is 18.7. The van der Waals surface area contributed by atoms with Crippen LogP contribution >= 0.6 is 0 Å². The van der Waals surface area contributed by atoms with E-state index in [1.54, 1.807) is 24.5 Å². The minimum absolute atomic E-state index is 0.0627. The molecule has 2 aliphatic rings.